The number of benzene rings is 1. The first-order valence-electron chi connectivity index (χ1n) is 6.10. The molecule has 0 aliphatic rings. The predicted molar refractivity (Wildman–Crippen MR) is 72.3 cm³/mol. The Morgan fingerprint density at radius 3 is 2.39 bits per heavy atom. The zero-order valence-electron chi connectivity index (χ0n) is 11.3. The molecule has 0 radical (unpaired) electrons. The van der Waals surface area contributed by atoms with E-state index in [2.05, 4.69) is 0 Å². The SMILES string of the molecule is COC(C/C(C)=C\C(O)Cc1ccccc1)OC. The van der Waals surface area contributed by atoms with Crippen molar-refractivity contribution in [1.82, 2.24) is 0 Å². The second-order valence-corrected chi connectivity index (χ2v) is 4.38. The lowest BCUT2D eigenvalue weighted by atomic mass is 10.0. The number of methoxy groups -OCH3 is 2. The molecule has 1 rings (SSSR count). The quantitative estimate of drug-likeness (QED) is 0.597. The van der Waals surface area contributed by atoms with Gasteiger partial charge in [0.1, 0.15) is 0 Å². The van der Waals surface area contributed by atoms with Crippen LogP contribution in [0.2, 0.25) is 0 Å². The van der Waals surface area contributed by atoms with Gasteiger partial charge in [-0.15, -0.1) is 0 Å². The molecule has 0 saturated heterocycles. The van der Waals surface area contributed by atoms with Gasteiger partial charge in [-0.3, -0.25) is 0 Å². The fourth-order valence-electron chi connectivity index (χ4n) is 1.84. The van der Waals surface area contributed by atoms with Gasteiger partial charge in [0.2, 0.25) is 0 Å². The molecule has 1 atom stereocenters. The van der Waals surface area contributed by atoms with Crippen molar-refractivity contribution in [3.8, 4) is 0 Å². The van der Waals surface area contributed by atoms with Crippen molar-refractivity contribution in [2.45, 2.75) is 32.2 Å². The van der Waals surface area contributed by atoms with Crippen LogP contribution in [0.15, 0.2) is 42.0 Å². The Hall–Kier alpha value is -1.16. The molecule has 0 saturated carbocycles. The highest BCUT2D eigenvalue weighted by Gasteiger charge is 2.08. The van der Waals surface area contributed by atoms with Crippen molar-refractivity contribution in [3.05, 3.63) is 47.5 Å². The minimum Gasteiger partial charge on any atom is -0.389 e. The van der Waals surface area contributed by atoms with Gasteiger partial charge in [0.05, 0.1) is 6.10 Å². The van der Waals surface area contributed by atoms with E-state index in [1.165, 1.54) is 0 Å². The molecule has 100 valence electrons. The maximum Gasteiger partial charge on any atom is 0.160 e. The monoisotopic (exact) mass is 250 g/mol. The van der Waals surface area contributed by atoms with Gasteiger partial charge in [0.25, 0.3) is 0 Å². The highest BCUT2D eigenvalue weighted by Crippen LogP contribution is 2.11. The number of aliphatic hydroxyl groups is 1. The third-order valence-corrected chi connectivity index (χ3v) is 2.78. The molecular formula is C15H22O3. The maximum atomic E-state index is 9.97. The summed E-state index contributed by atoms with van der Waals surface area (Å²) < 4.78 is 10.3. The van der Waals surface area contributed by atoms with Gasteiger partial charge in [-0.25, -0.2) is 0 Å². The van der Waals surface area contributed by atoms with Crippen LogP contribution < -0.4 is 0 Å². The van der Waals surface area contributed by atoms with E-state index >= 15 is 0 Å². The van der Waals surface area contributed by atoms with E-state index < -0.39 is 6.10 Å². The number of hydrogen-bond donors (Lipinski definition) is 1. The Balaban J connectivity index is 2.49. The standard InChI is InChI=1S/C15H22O3/c1-12(10-15(17-2)18-3)9-14(16)11-13-7-5-4-6-8-13/h4-9,14-16H,10-11H2,1-3H3/b12-9-. The molecule has 1 N–H and O–H groups in total. The van der Waals surface area contributed by atoms with Gasteiger partial charge in [0, 0.05) is 27.1 Å². The molecule has 3 heteroatoms. The van der Waals surface area contributed by atoms with Gasteiger partial charge < -0.3 is 14.6 Å². The van der Waals surface area contributed by atoms with Gasteiger partial charge in [-0.1, -0.05) is 42.0 Å². The van der Waals surface area contributed by atoms with Crippen LogP contribution in [-0.2, 0) is 15.9 Å². The van der Waals surface area contributed by atoms with Crippen molar-refractivity contribution in [2.24, 2.45) is 0 Å². The summed E-state index contributed by atoms with van der Waals surface area (Å²) in [7, 11) is 3.23. The summed E-state index contributed by atoms with van der Waals surface area (Å²) in [6.07, 6.45) is 2.44. The van der Waals surface area contributed by atoms with E-state index in [9.17, 15) is 5.11 Å². The van der Waals surface area contributed by atoms with Crippen LogP contribution in [0.5, 0.6) is 0 Å². The highest BCUT2D eigenvalue weighted by atomic mass is 16.7. The van der Waals surface area contributed by atoms with Crippen LogP contribution in [0.1, 0.15) is 18.9 Å². The molecule has 1 aromatic rings. The summed E-state index contributed by atoms with van der Waals surface area (Å²) in [6.45, 7) is 1.97. The van der Waals surface area contributed by atoms with E-state index in [4.69, 9.17) is 9.47 Å². The second-order valence-electron chi connectivity index (χ2n) is 4.38. The Kier molecular flexibility index (Phi) is 6.65. The highest BCUT2D eigenvalue weighted by molar-refractivity contribution is 5.17. The fraction of sp³-hybridized carbons (Fsp3) is 0.467. The molecule has 1 aromatic carbocycles. The van der Waals surface area contributed by atoms with Crippen LogP contribution in [0.3, 0.4) is 0 Å². The summed E-state index contributed by atoms with van der Waals surface area (Å²) in [5.41, 5.74) is 2.19. The summed E-state index contributed by atoms with van der Waals surface area (Å²) in [5, 5.41) is 9.97. The van der Waals surface area contributed by atoms with Crippen LogP contribution in [0.4, 0.5) is 0 Å². The summed E-state index contributed by atoms with van der Waals surface area (Å²) in [6, 6.07) is 9.95. The fourth-order valence-corrected chi connectivity index (χ4v) is 1.84. The molecule has 0 heterocycles. The van der Waals surface area contributed by atoms with Gasteiger partial charge in [-0.05, 0) is 12.5 Å². The average molecular weight is 250 g/mol. The predicted octanol–water partition coefficient (Wildman–Crippen LogP) is 2.55. The number of rotatable bonds is 7. The van der Waals surface area contributed by atoms with Crippen LogP contribution in [0, 0.1) is 0 Å². The molecule has 0 fully saturated rings. The third kappa shape index (κ3) is 5.45. The maximum absolute atomic E-state index is 9.97. The molecule has 0 spiro atoms. The van der Waals surface area contributed by atoms with Gasteiger partial charge in [-0.2, -0.15) is 0 Å². The lowest BCUT2D eigenvalue weighted by Gasteiger charge is -2.14. The lowest BCUT2D eigenvalue weighted by Crippen LogP contribution is -2.14. The first kappa shape index (κ1) is 14.9. The smallest absolute Gasteiger partial charge is 0.160 e. The summed E-state index contributed by atoms with van der Waals surface area (Å²) >= 11 is 0. The Bertz CT molecular complexity index is 355. The normalized spacial score (nSPS) is 13.9. The lowest BCUT2D eigenvalue weighted by molar-refractivity contribution is -0.100. The molecule has 0 aliphatic carbocycles. The zero-order valence-corrected chi connectivity index (χ0v) is 11.3. The first-order valence-corrected chi connectivity index (χ1v) is 6.10. The van der Waals surface area contributed by atoms with Crippen molar-refractivity contribution in [2.75, 3.05) is 14.2 Å². The Morgan fingerprint density at radius 1 is 1.22 bits per heavy atom. The summed E-state index contributed by atoms with van der Waals surface area (Å²) in [5.74, 6) is 0. The van der Waals surface area contributed by atoms with E-state index in [-0.39, 0.29) is 6.29 Å². The van der Waals surface area contributed by atoms with Crippen LogP contribution in [-0.4, -0.2) is 31.7 Å². The van der Waals surface area contributed by atoms with Gasteiger partial charge >= 0.3 is 0 Å². The topological polar surface area (TPSA) is 38.7 Å². The Morgan fingerprint density at radius 2 is 1.83 bits per heavy atom. The van der Waals surface area contributed by atoms with E-state index in [0.717, 1.165) is 11.1 Å². The first-order chi connectivity index (χ1) is 8.65. The molecular weight excluding hydrogens is 228 g/mol. The van der Waals surface area contributed by atoms with E-state index in [1.807, 2.05) is 43.3 Å². The average Bonchev–Trinajstić information content (AvgIpc) is 2.36. The number of ether oxygens (including phenoxy) is 2. The van der Waals surface area contributed by atoms with Gasteiger partial charge in [0.15, 0.2) is 6.29 Å². The molecule has 0 aliphatic heterocycles. The minimum atomic E-state index is -0.471. The summed E-state index contributed by atoms with van der Waals surface area (Å²) in [4.78, 5) is 0. The minimum absolute atomic E-state index is 0.245. The molecule has 18 heavy (non-hydrogen) atoms. The molecule has 1 unspecified atom stereocenters. The molecule has 0 aromatic heterocycles. The Labute approximate surface area is 109 Å². The van der Waals surface area contributed by atoms with Crippen molar-refractivity contribution >= 4 is 0 Å². The molecule has 0 amide bonds. The number of aliphatic hydroxyl groups excluding tert-OH is 1. The van der Waals surface area contributed by atoms with E-state index in [0.29, 0.717) is 12.8 Å². The number of hydrogen-bond acceptors (Lipinski definition) is 3. The molecule has 0 bridgehead atoms. The van der Waals surface area contributed by atoms with Crippen LogP contribution >= 0.6 is 0 Å². The zero-order chi connectivity index (χ0) is 13.4. The van der Waals surface area contributed by atoms with Crippen molar-refractivity contribution < 1.29 is 14.6 Å². The van der Waals surface area contributed by atoms with E-state index in [1.54, 1.807) is 14.2 Å². The second kappa shape index (κ2) is 8.03. The largest absolute Gasteiger partial charge is 0.389 e. The van der Waals surface area contributed by atoms with Crippen molar-refractivity contribution in [3.63, 3.8) is 0 Å². The van der Waals surface area contributed by atoms with Crippen molar-refractivity contribution in [1.29, 1.82) is 0 Å². The van der Waals surface area contributed by atoms with Crippen LogP contribution in [0.25, 0.3) is 0 Å². The third-order valence-electron chi connectivity index (χ3n) is 2.78. The molecule has 3 nitrogen and oxygen atoms in total.